The average molecular weight is 485 g/mol. The third kappa shape index (κ3) is 7.39. The van der Waals surface area contributed by atoms with E-state index in [-0.39, 0.29) is 35.4 Å². The van der Waals surface area contributed by atoms with Crippen molar-refractivity contribution in [3.8, 4) is 18.4 Å². The zero-order chi connectivity index (χ0) is 25.3. The molecule has 0 aliphatic carbocycles. The summed E-state index contributed by atoms with van der Waals surface area (Å²) in [5.41, 5.74) is -0.528. The lowest BCUT2D eigenvalue weighted by molar-refractivity contribution is -0.131. The summed E-state index contributed by atoms with van der Waals surface area (Å²) in [5, 5.41) is 17.4. The van der Waals surface area contributed by atoms with Crippen LogP contribution in [-0.2, 0) is 14.4 Å². The Labute approximate surface area is 205 Å². The van der Waals surface area contributed by atoms with E-state index in [4.69, 9.17) is 6.42 Å². The molecule has 1 aliphatic rings. The molecule has 1 saturated heterocycles. The molecular weight excluding hydrogens is 452 g/mol. The van der Waals surface area contributed by atoms with E-state index in [1.165, 1.54) is 11.8 Å². The average Bonchev–Trinajstić information content (AvgIpc) is 3.09. The normalized spacial score (nSPS) is 18.5. The summed E-state index contributed by atoms with van der Waals surface area (Å²) in [6, 6.07) is 7.34. The van der Waals surface area contributed by atoms with Gasteiger partial charge in [-0.15, -0.1) is 18.2 Å². The molecule has 10 heteroatoms. The van der Waals surface area contributed by atoms with Gasteiger partial charge in [0.15, 0.2) is 0 Å². The number of aromatic nitrogens is 1. The van der Waals surface area contributed by atoms with Crippen molar-refractivity contribution in [1.82, 2.24) is 15.2 Å². The Morgan fingerprint density at radius 3 is 2.65 bits per heavy atom. The number of thioether (sulfide) groups is 1. The molecule has 0 aromatic carbocycles. The van der Waals surface area contributed by atoms with E-state index < -0.39 is 17.2 Å². The molecule has 1 aromatic rings. The van der Waals surface area contributed by atoms with Crippen LogP contribution in [0.4, 0.5) is 11.6 Å². The molecule has 34 heavy (non-hydrogen) atoms. The number of nitriles is 1. The van der Waals surface area contributed by atoms with Crippen molar-refractivity contribution in [2.45, 2.75) is 51.2 Å². The molecule has 2 rings (SSSR count). The zero-order valence-corrected chi connectivity index (χ0v) is 20.9. The Kier molecular flexibility index (Phi) is 9.76. The number of hydrogen-bond donors (Lipinski definition) is 3. The Morgan fingerprint density at radius 2 is 2.03 bits per heavy atom. The molecule has 0 spiro atoms. The molecule has 9 nitrogen and oxygen atoms in total. The number of carbonyl (C=O) groups is 3. The summed E-state index contributed by atoms with van der Waals surface area (Å²) in [5.74, 6) is 1.95. The van der Waals surface area contributed by atoms with E-state index in [0.717, 1.165) is 0 Å². The van der Waals surface area contributed by atoms with Crippen LogP contribution in [0.5, 0.6) is 0 Å². The number of nitrogens with one attached hydrogen (secondary N) is 3. The van der Waals surface area contributed by atoms with Gasteiger partial charge in [0, 0.05) is 24.9 Å². The minimum atomic E-state index is -0.875. The van der Waals surface area contributed by atoms with Gasteiger partial charge in [-0.1, -0.05) is 32.8 Å². The van der Waals surface area contributed by atoms with Crippen molar-refractivity contribution in [3.63, 3.8) is 0 Å². The second-order valence-electron chi connectivity index (χ2n) is 8.87. The SMILES string of the molecule is C#CCNC(=O)C(C#N)CC1SC(CCNc2cccc(NC(=O)C(C)(C)C)n2)C(=O)N1CC. The van der Waals surface area contributed by atoms with Gasteiger partial charge in [0.25, 0.3) is 0 Å². The first-order valence-electron chi connectivity index (χ1n) is 11.2. The lowest BCUT2D eigenvalue weighted by Crippen LogP contribution is -2.38. The van der Waals surface area contributed by atoms with Gasteiger partial charge in [0.05, 0.1) is 23.2 Å². The van der Waals surface area contributed by atoms with Gasteiger partial charge in [-0.2, -0.15) is 5.26 Å². The number of amides is 3. The molecule has 2 heterocycles. The first-order chi connectivity index (χ1) is 16.1. The van der Waals surface area contributed by atoms with Crippen molar-refractivity contribution in [2.24, 2.45) is 11.3 Å². The number of rotatable bonds is 10. The molecular formula is C24H32N6O3S. The lowest BCUT2D eigenvalue weighted by Gasteiger charge is -2.23. The third-order valence-corrected chi connectivity index (χ3v) is 6.75. The van der Waals surface area contributed by atoms with Crippen LogP contribution < -0.4 is 16.0 Å². The van der Waals surface area contributed by atoms with Crippen molar-refractivity contribution in [1.29, 1.82) is 5.26 Å². The van der Waals surface area contributed by atoms with Crippen LogP contribution in [0.1, 0.15) is 40.5 Å². The van der Waals surface area contributed by atoms with Gasteiger partial charge in [-0.25, -0.2) is 4.98 Å². The molecule has 0 bridgehead atoms. The summed E-state index contributed by atoms with van der Waals surface area (Å²) in [4.78, 5) is 43.4. The Morgan fingerprint density at radius 1 is 1.32 bits per heavy atom. The van der Waals surface area contributed by atoms with Crippen LogP contribution in [0.3, 0.4) is 0 Å². The van der Waals surface area contributed by atoms with Crippen LogP contribution in [0.15, 0.2) is 18.2 Å². The van der Waals surface area contributed by atoms with E-state index in [0.29, 0.717) is 31.1 Å². The molecule has 182 valence electrons. The Bertz CT molecular complexity index is 978. The number of carbonyl (C=O) groups excluding carboxylic acids is 3. The summed E-state index contributed by atoms with van der Waals surface area (Å²) in [6.45, 7) is 8.44. The van der Waals surface area contributed by atoms with Crippen molar-refractivity contribution >= 4 is 41.1 Å². The number of hydrogen-bond acceptors (Lipinski definition) is 7. The quantitative estimate of drug-likeness (QED) is 0.435. The zero-order valence-electron chi connectivity index (χ0n) is 20.1. The fourth-order valence-electron chi connectivity index (χ4n) is 3.30. The summed E-state index contributed by atoms with van der Waals surface area (Å²) < 4.78 is 0. The largest absolute Gasteiger partial charge is 0.370 e. The van der Waals surface area contributed by atoms with Gasteiger partial charge < -0.3 is 20.9 Å². The Balaban J connectivity index is 1.93. The molecule has 0 radical (unpaired) electrons. The second kappa shape index (κ2) is 12.3. The molecule has 3 atom stereocenters. The highest BCUT2D eigenvalue weighted by Gasteiger charge is 2.40. The lowest BCUT2D eigenvalue weighted by atomic mass is 9.96. The number of pyridine rings is 1. The fourth-order valence-corrected chi connectivity index (χ4v) is 4.89. The molecule has 1 fully saturated rings. The molecule has 0 saturated carbocycles. The first-order valence-corrected chi connectivity index (χ1v) is 12.1. The van der Waals surface area contributed by atoms with Crippen LogP contribution in [0, 0.1) is 35.0 Å². The molecule has 3 amide bonds. The maximum absolute atomic E-state index is 12.9. The second-order valence-corrected chi connectivity index (χ2v) is 10.3. The molecule has 3 unspecified atom stereocenters. The number of anilines is 2. The van der Waals surface area contributed by atoms with E-state index >= 15 is 0 Å². The topological polar surface area (TPSA) is 127 Å². The number of terminal acetylenes is 1. The van der Waals surface area contributed by atoms with Gasteiger partial charge in [0.2, 0.25) is 17.7 Å². The van der Waals surface area contributed by atoms with E-state index in [2.05, 4.69) is 26.9 Å². The fraction of sp³-hybridized carbons (Fsp3) is 0.542. The van der Waals surface area contributed by atoms with Gasteiger partial charge >= 0.3 is 0 Å². The van der Waals surface area contributed by atoms with Crippen LogP contribution in [-0.4, -0.2) is 57.9 Å². The summed E-state index contributed by atoms with van der Waals surface area (Å²) in [6.07, 6.45) is 5.96. The monoisotopic (exact) mass is 484 g/mol. The molecule has 1 aromatic heterocycles. The van der Waals surface area contributed by atoms with E-state index in [9.17, 15) is 19.6 Å². The Hall–Kier alpha value is -3.24. The van der Waals surface area contributed by atoms with Crippen molar-refractivity contribution in [2.75, 3.05) is 30.3 Å². The summed E-state index contributed by atoms with van der Waals surface area (Å²) in [7, 11) is 0. The van der Waals surface area contributed by atoms with Gasteiger partial charge in [0.1, 0.15) is 17.6 Å². The standard InChI is InChI=1S/C24H32N6O3S/c1-6-12-27-21(31)16(15-25)14-20-30(7-2)22(32)17(34-20)11-13-26-18-9-8-10-19(28-18)29-23(33)24(3,4)5/h1,8-10,16-17,20H,7,11-14H2,2-5H3,(H,27,31)(H2,26,28,29,33). The van der Waals surface area contributed by atoms with E-state index in [1.807, 2.05) is 33.8 Å². The molecule has 3 N–H and O–H groups in total. The highest BCUT2D eigenvalue weighted by atomic mass is 32.2. The smallest absolute Gasteiger partial charge is 0.238 e. The third-order valence-electron chi connectivity index (χ3n) is 5.23. The minimum absolute atomic E-state index is 0.000765. The van der Waals surface area contributed by atoms with Gasteiger partial charge in [-0.3, -0.25) is 14.4 Å². The van der Waals surface area contributed by atoms with Gasteiger partial charge in [-0.05, 0) is 25.5 Å². The van der Waals surface area contributed by atoms with Crippen LogP contribution in [0.25, 0.3) is 0 Å². The highest BCUT2D eigenvalue weighted by Crippen LogP contribution is 2.36. The maximum atomic E-state index is 12.9. The minimum Gasteiger partial charge on any atom is -0.370 e. The summed E-state index contributed by atoms with van der Waals surface area (Å²) >= 11 is 1.47. The van der Waals surface area contributed by atoms with Crippen molar-refractivity contribution < 1.29 is 14.4 Å². The predicted octanol–water partition coefficient (Wildman–Crippen LogP) is 2.44. The number of nitrogens with zero attached hydrogens (tertiary/aromatic N) is 3. The van der Waals surface area contributed by atoms with E-state index in [1.54, 1.807) is 23.1 Å². The van der Waals surface area contributed by atoms with Crippen LogP contribution in [0.2, 0.25) is 0 Å². The van der Waals surface area contributed by atoms with Crippen LogP contribution >= 0.6 is 11.8 Å². The van der Waals surface area contributed by atoms with Crippen molar-refractivity contribution in [3.05, 3.63) is 18.2 Å². The highest BCUT2D eigenvalue weighted by molar-refractivity contribution is 8.01. The first kappa shape index (κ1) is 27.0. The molecule has 1 aliphatic heterocycles. The maximum Gasteiger partial charge on any atom is 0.238 e. The predicted molar refractivity (Wildman–Crippen MR) is 134 cm³/mol.